The number of rotatable bonds is 6. The van der Waals surface area contributed by atoms with Crippen molar-refractivity contribution in [3.63, 3.8) is 0 Å². The molecule has 1 amide bonds. The Bertz CT molecular complexity index is 2230. The number of aromatic nitrogens is 6. The van der Waals surface area contributed by atoms with E-state index in [1.165, 1.54) is 35.2 Å². The number of nitrogen functional groups attached to an aromatic ring is 1. The Kier molecular flexibility index (Phi) is 10.3. The molecule has 3 saturated heterocycles. The van der Waals surface area contributed by atoms with Crippen LogP contribution in [0.3, 0.4) is 0 Å². The first-order valence-corrected chi connectivity index (χ1v) is 20.0. The number of phosphoric acid groups is 1. The van der Waals surface area contributed by atoms with Crippen molar-refractivity contribution in [3.05, 3.63) is 75.6 Å². The van der Waals surface area contributed by atoms with E-state index in [4.69, 9.17) is 43.8 Å². The van der Waals surface area contributed by atoms with Crippen LogP contribution in [0.1, 0.15) is 18.0 Å². The average Bonchev–Trinajstić information content (AvgIpc) is 3.76. The zero-order chi connectivity index (χ0) is 37.7. The van der Waals surface area contributed by atoms with E-state index in [2.05, 4.69) is 15.0 Å². The molecule has 284 valence electrons. The molecule has 26 heteroatoms. The Balaban J connectivity index is 1.24. The number of amides is 1. The van der Waals surface area contributed by atoms with Gasteiger partial charge in [-0.2, -0.15) is 0 Å². The van der Waals surface area contributed by atoms with E-state index in [0.29, 0.717) is 21.5 Å². The highest BCUT2D eigenvalue weighted by Crippen LogP contribution is 2.65. The number of nitrogens with one attached hydrogen (secondary N) is 1. The Morgan fingerprint density at radius 2 is 1.64 bits per heavy atom. The van der Waals surface area contributed by atoms with Gasteiger partial charge in [0, 0.05) is 18.0 Å². The fourth-order valence-electron chi connectivity index (χ4n) is 5.70. The van der Waals surface area contributed by atoms with Gasteiger partial charge in [0.25, 0.3) is 5.56 Å². The van der Waals surface area contributed by atoms with Gasteiger partial charge in [-0.15, -0.1) is 0 Å². The lowest BCUT2D eigenvalue weighted by Crippen LogP contribution is -2.38. The van der Waals surface area contributed by atoms with Crippen molar-refractivity contribution in [2.24, 2.45) is 5.73 Å². The van der Waals surface area contributed by atoms with E-state index in [1.807, 2.05) is 4.98 Å². The number of aromatic amines is 1. The Morgan fingerprint density at radius 3 is 2.32 bits per heavy atom. The molecule has 53 heavy (non-hydrogen) atoms. The lowest BCUT2D eigenvalue weighted by molar-refractivity contribution is -0.0650. The molecule has 21 nitrogen and oxygen atoms in total. The number of carbonyl (C=O) groups is 1. The zero-order valence-electron chi connectivity index (χ0n) is 26.7. The van der Waals surface area contributed by atoms with Crippen LogP contribution in [0, 0.1) is 0 Å². The summed E-state index contributed by atoms with van der Waals surface area (Å²) in [7, 11) is -5.28. The zero-order valence-corrected chi connectivity index (χ0v) is 29.3. The Hall–Kier alpha value is -4.09. The number of fused-ring (bicyclic) bond motifs is 5. The van der Waals surface area contributed by atoms with Crippen molar-refractivity contribution in [2.45, 2.75) is 55.0 Å². The molecule has 0 spiro atoms. The maximum atomic E-state index is 16.4. The number of hydrogen-bond acceptors (Lipinski definition) is 17. The number of benzene rings is 1. The minimum atomic E-state index is -5.28. The normalized spacial score (nSPS) is 33.4. The van der Waals surface area contributed by atoms with Gasteiger partial charge < -0.3 is 30.6 Å². The maximum absolute atomic E-state index is 16.4. The SMILES string of the molecule is NC(=O)Oc1ccc(CSP2(=O)OC[C@H]3O[C@@H](n4ccc(=O)[nH]c4=O)[C@H](OP(=O)(O)OC[C@H]4O[C@@H](n5cnc6c(N)ncnc65)[C@H](O2)[C@@H]4F)[C@@H]3F)cc1. The van der Waals surface area contributed by atoms with E-state index in [0.717, 1.165) is 18.6 Å². The van der Waals surface area contributed by atoms with E-state index in [9.17, 15) is 28.4 Å². The molecule has 3 aliphatic rings. The first-order chi connectivity index (χ1) is 25.2. The molecular formula is C27H28F2N8O13P2S. The van der Waals surface area contributed by atoms with Crippen LogP contribution in [0.2, 0.25) is 0 Å². The van der Waals surface area contributed by atoms with E-state index in [1.54, 1.807) is 0 Å². The highest BCUT2D eigenvalue weighted by Gasteiger charge is 2.55. The van der Waals surface area contributed by atoms with Crippen molar-refractivity contribution in [3.8, 4) is 5.75 Å². The van der Waals surface area contributed by atoms with Crippen LogP contribution in [0.25, 0.3) is 11.2 Å². The van der Waals surface area contributed by atoms with Crippen LogP contribution in [0.15, 0.2) is 58.8 Å². The fourth-order valence-corrected chi connectivity index (χ4v) is 9.98. The van der Waals surface area contributed by atoms with Crippen LogP contribution in [-0.4, -0.2) is 90.0 Å². The molecule has 3 fully saturated rings. The summed E-state index contributed by atoms with van der Waals surface area (Å²) in [4.78, 5) is 60.2. The predicted molar refractivity (Wildman–Crippen MR) is 176 cm³/mol. The van der Waals surface area contributed by atoms with Gasteiger partial charge in [0.15, 0.2) is 36.3 Å². The second kappa shape index (κ2) is 14.6. The largest absolute Gasteiger partial charge is 0.472 e. The van der Waals surface area contributed by atoms with Crippen molar-refractivity contribution >= 4 is 49.1 Å². The second-order valence-corrected chi connectivity index (χ2v) is 17.0. The van der Waals surface area contributed by atoms with Crippen molar-refractivity contribution < 1.29 is 59.9 Å². The van der Waals surface area contributed by atoms with Gasteiger partial charge in [-0.05, 0) is 29.1 Å². The number of primary amides is 1. The summed E-state index contributed by atoms with van der Waals surface area (Å²) < 4.78 is 100. The van der Waals surface area contributed by atoms with Gasteiger partial charge in [0.05, 0.1) is 19.5 Å². The molecular weight excluding hydrogens is 776 g/mol. The smallest absolute Gasteiger partial charge is 0.411 e. The van der Waals surface area contributed by atoms with Gasteiger partial charge in [-0.3, -0.25) is 37.0 Å². The molecule has 10 atom stereocenters. The van der Waals surface area contributed by atoms with Crippen LogP contribution in [0.5, 0.6) is 5.75 Å². The minimum absolute atomic E-state index is 0.0206. The molecule has 6 heterocycles. The first-order valence-electron chi connectivity index (χ1n) is 15.3. The molecule has 6 N–H and O–H groups in total. The van der Waals surface area contributed by atoms with Gasteiger partial charge >= 0.3 is 26.4 Å². The number of nitrogens with zero attached hydrogens (tertiary/aromatic N) is 5. The molecule has 4 aromatic rings. The van der Waals surface area contributed by atoms with Gasteiger partial charge in [0.1, 0.15) is 42.0 Å². The van der Waals surface area contributed by atoms with Crippen LogP contribution in [0.4, 0.5) is 19.4 Å². The van der Waals surface area contributed by atoms with Crippen molar-refractivity contribution in [2.75, 3.05) is 18.9 Å². The fraction of sp³-hybridized carbons (Fsp3) is 0.407. The molecule has 2 unspecified atom stereocenters. The number of anilines is 1. The average molecular weight is 805 g/mol. The highest BCUT2D eigenvalue weighted by atomic mass is 32.7. The number of ether oxygens (including phenoxy) is 3. The minimum Gasteiger partial charge on any atom is -0.411 e. The van der Waals surface area contributed by atoms with E-state index < -0.39 is 94.4 Å². The molecule has 7 rings (SSSR count). The number of hydrogen-bond donors (Lipinski definition) is 4. The molecule has 3 aromatic heterocycles. The number of nitrogens with two attached hydrogens (primary N) is 2. The third-order valence-electron chi connectivity index (χ3n) is 8.15. The first kappa shape index (κ1) is 37.2. The maximum Gasteiger partial charge on any atom is 0.472 e. The molecule has 3 aliphatic heterocycles. The molecule has 0 saturated carbocycles. The molecule has 0 radical (unpaired) electrons. The number of phosphoric ester groups is 1. The summed E-state index contributed by atoms with van der Waals surface area (Å²) in [5, 5.41) is 0. The monoisotopic (exact) mass is 804 g/mol. The Morgan fingerprint density at radius 1 is 0.981 bits per heavy atom. The van der Waals surface area contributed by atoms with Crippen LogP contribution < -0.4 is 27.5 Å². The summed E-state index contributed by atoms with van der Waals surface area (Å²) in [6, 6.07) is 6.75. The predicted octanol–water partition coefficient (Wildman–Crippen LogP) is 1.85. The lowest BCUT2D eigenvalue weighted by atomic mass is 10.1. The summed E-state index contributed by atoms with van der Waals surface area (Å²) in [5.41, 5.74) is 9.76. The molecule has 4 bridgehead atoms. The van der Waals surface area contributed by atoms with E-state index in [-0.39, 0.29) is 28.5 Å². The number of alkyl halides is 2. The highest BCUT2D eigenvalue weighted by molar-refractivity contribution is 8.54. The van der Waals surface area contributed by atoms with E-state index >= 15 is 8.78 Å². The number of halogens is 2. The van der Waals surface area contributed by atoms with Gasteiger partial charge in [-0.25, -0.2) is 42.5 Å². The van der Waals surface area contributed by atoms with Crippen molar-refractivity contribution in [1.29, 1.82) is 0 Å². The molecule has 0 aliphatic carbocycles. The number of imidazole rings is 1. The van der Waals surface area contributed by atoms with Gasteiger partial charge in [0.2, 0.25) is 0 Å². The number of carbonyl (C=O) groups excluding carboxylic acids is 1. The summed E-state index contributed by atoms with van der Waals surface area (Å²) in [6.45, 7) is -6.50. The second-order valence-electron chi connectivity index (χ2n) is 11.6. The van der Waals surface area contributed by atoms with Gasteiger partial charge in [-0.1, -0.05) is 12.1 Å². The summed E-state index contributed by atoms with van der Waals surface area (Å²) >= 11 is 0.572. The quantitative estimate of drug-likeness (QED) is 0.202. The standard InChI is InChI=1S/C27H28F2N8O13P2S/c28-17-15-8-45-52(43,53-9-12-1-3-13(4-2-12)46-26(31)39)50-21-18(29)14(48-25(21)37-11-34-19-22(30)32-10-33-23(19)37)7-44-51(41,42)49-20(17)24(47-15)36-6-5-16(38)35-27(36)40/h1-6,10-11,14-15,17-18,20-21,24-25H,7-9H2,(H2,31,39)(H,41,42)(H2,30,32,33)(H,35,38,40)/t14-,15-,17-,18-,20-,21-,24-,25-,52?/m1/s1. The number of H-pyrrole nitrogens is 1. The lowest BCUT2D eigenvalue weighted by Gasteiger charge is -2.27. The Labute approximate surface area is 298 Å². The third-order valence-corrected chi connectivity index (χ3v) is 12.8. The summed E-state index contributed by atoms with van der Waals surface area (Å²) in [6.07, 6.45) is -12.9. The van der Waals surface area contributed by atoms with Crippen molar-refractivity contribution in [1.82, 2.24) is 29.1 Å². The van der Waals surface area contributed by atoms with Crippen LogP contribution >= 0.6 is 26.0 Å². The molecule has 1 aromatic carbocycles. The summed E-state index contributed by atoms with van der Waals surface area (Å²) in [5.74, 6) is -0.0205. The third kappa shape index (κ3) is 7.78. The van der Waals surface area contributed by atoms with Crippen LogP contribution in [-0.2, 0) is 42.5 Å². The topological polar surface area (TPSA) is 287 Å².